The molecular weight excluding hydrogens is 336 g/mol. The first-order chi connectivity index (χ1) is 8.94. The van der Waals surface area contributed by atoms with Gasteiger partial charge < -0.3 is 9.52 Å². The number of hydrogen-bond donors (Lipinski definition) is 2. The Morgan fingerprint density at radius 1 is 1.53 bits per heavy atom. The van der Waals surface area contributed by atoms with Crippen molar-refractivity contribution in [1.29, 1.82) is 0 Å². The van der Waals surface area contributed by atoms with Crippen molar-refractivity contribution in [2.45, 2.75) is 18.4 Å². The number of furan rings is 1. The van der Waals surface area contributed by atoms with Gasteiger partial charge in [-0.25, -0.2) is 8.42 Å². The van der Waals surface area contributed by atoms with Gasteiger partial charge >= 0.3 is 0 Å². The lowest BCUT2D eigenvalue weighted by molar-refractivity contribution is 0.245. The van der Waals surface area contributed by atoms with Gasteiger partial charge in [0, 0.05) is 12.3 Å². The van der Waals surface area contributed by atoms with E-state index in [0.29, 0.717) is 11.4 Å². The summed E-state index contributed by atoms with van der Waals surface area (Å²) in [6.07, 6.45) is 1.57. The summed E-state index contributed by atoms with van der Waals surface area (Å²) in [7, 11) is -3.80. The van der Waals surface area contributed by atoms with Crippen LogP contribution in [-0.4, -0.2) is 18.5 Å². The molecule has 2 rings (SSSR count). The molecule has 2 aromatic heterocycles. The van der Waals surface area contributed by atoms with Crippen LogP contribution in [-0.2, 0) is 16.6 Å². The van der Waals surface area contributed by atoms with E-state index in [1.807, 2.05) is 0 Å². The fourth-order valence-electron chi connectivity index (χ4n) is 1.45. The second kappa shape index (κ2) is 5.32. The molecule has 0 spiro atoms. The monoisotopic (exact) mass is 346 g/mol. The zero-order valence-electron chi connectivity index (χ0n) is 9.92. The second-order valence-electron chi connectivity index (χ2n) is 3.75. The Kier molecular flexibility index (Phi) is 3.93. The smallest absolute Gasteiger partial charge is 0.266 e. The molecule has 102 valence electrons. The number of sulfonamides is 1. The highest BCUT2D eigenvalue weighted by Gasteiger charge is 2.23. The average Bonchev–Trinajstić information content (AvgIpc) is 2.74. The summed E-state index contributed by atoms with van der Waals surface area (Å²) in [6.45, 7) is 1.32. The largest absolute Gasteiger partial charge is 0.450 e. The molecular formula is C11H11BrN2O4S. The van der Waals surface area contributed by atoms with Gasteiger partial charge in [-0.05, 0) is 35.0 Å². The van der Waals surface area contributed by atoms with Gasteiger partial charge in [-0.1, -0.05) is 0 Å². The van der Waals surface area contributed by atoms with Crippen molar-refractivity contribution >= 4 is 31.6 Å². The molecule has 2 heterocycles. The van der Waals surface area contributed by atoms with Crippen LogP contribution in [0.4, 0.5) is 5.69 Å². The van der Waals surface area contributed by atoms with Crippen molar-refractivity contribution in [3.05, 3.63) is 40.5 Å². The minimum Gasteiger partial charge on any atom is -0.450 e. The predicted molar refractivity (Wildman–Crippen MR) is 72.1 cm³/mol. The number of aryl methyl sites for hydroxylation is 1. The van der Waals surface area contributed by atoms with Crippen molar-refractivity contribution in [2.75, 3.05) is 4.72 Å². The maximum atomic E-state index is 12.2. The summed E-state index contributed by atoms with van der Waals surface area (Å²) < 4.78 is 31.9. The molecule has 0 aliphatic rings. The van der Waals surface area contributed by atoms with Crippen molar-refractivity contribution in [2.24, 2.45) is 0 Å². The second-order valence-corrected chi connectivity index (χ2v) is 6.12. The summed E-state index contributed by atoms with van der Waals surface area (Å²) >= 11 is 3.01. The average molecular weight is 347 g/mol. The molecule has 0 saturated carbocycles. The first-order valence-corrected chi connectivity index (χ1v) is 7.55. The van der Waals surface area contributed by atoms with Crippen LogP contribution in [0.3, 0.4) is 0 Å². The van der Waals surface area contributed by atoms with Crippen LogP contribution < -0.4 is 4.72 Å². The summed E-state index contributed by atoms with van der Waals surface area (Å²) in [5, 5.41) is 8.94. The number of nitrogens with zero attached hydrogens (tertiary/aromatic N) is 1. The maximum absolute atomic E-state index is 12.2. The summed E-state index contributed by atoms with van der Waals surface area (Å²) in [5.74, 6) is 0.162. The van der Waals surface area contributed by atoms with Crippen LogP contribution in [0.15, 0.2) is 38.4 Å². The SMILES string of the molecule is Cc1ncccc1NS(=O)(=O)c1cc(CO)oc1Br. The molecule has 0 aromatic carbocycles. The minimum atomic E-state index is -3.80. The zero-order chi connectivity index (χ0) is 14.0. The molecule has 0 radical (unpaired) electrons. The number of halogens is 1. The lowest BCUT2D eigenvalue weighted by Gasteiger charge is -2.08. The van der Waals surface area contributed by atoms with Gasteiger partial charge in [0.25, 0.3) is 10.0 Å². The maximum Gasteiger partial charge on any atom is 0.266 e. The lowest BCUT2D eigenvalue weighted by atomic mass is 10.3. The molecule has 0 atom stereocenters. The minimum absolute atomic E-state index is 0.0468. The number of aliphatic hydroxyl groups is 1. The standard InChI is InChI=1S/C11H11BrN2O4S/c1-7-9(3-2-4-13-7)14-19(16,17)10-5-8(6-15)18-11(10)12/h2-5,14-15H,6H2,1H3. The van der Waals surface area contributed by atoms with E-state index in [0.717, 1.165) is 0 Å². The molecule has 0 fully saturated rings. The molecule has 19 heavy (non-hydrogen) atoms. The van der Waals surface area contributed by atoms with E-state index in [9.17, 15) is 8.42 Å². The fraction of sp³-hybridized carbons (Fsp3) is 0.182. The molecule has 8 heteroatoms. The van der Waals surface area contributed by atoms with Gasteiger partial charge in [-0.15, -0.1) is 0 Å². The third kappa shape index (κ3) is 2.96. The van der Waals surface area contributed by atoms with Crippen molar-refractivity contribution in [3.63, 3.8) is 0 Å². The number of aromatic nitrogens is 1. The lowest BCUT2D eigenvalue weighted by Crippen LogP contribution is -2.13. The first-order valence-electron chi connectivity index (χ1n) is 5.27. The molecule has 0 saturated heterocycles. The van der Waals surface area contributed by atoms with Crippen LogP contribution >= 0.6 is 15.9 Å². The van der Waals surface area contributed by atoms with E-state index in [1.165, 1.54) is 6.07 Å². The number of rotatable bonds is 4. The highest BCUT2D eigenvalue weighted by molar-refractivity contribution is 9.10. The molecule has 0 unspecified atom stereocenters. The van der Waals surface area contributed by atoms with Crippen molar-refractivity contribution in [3.8, 4) is 0 Å². The van der Waals surface area contributed by atoms with Crippen LogP contribution in [0.2, 0.25) is 0 Å². The van der Waals surface area contributed by atoms with E-state index in [2.05, 4.69) is 25.6 Å². The molecule has 0 aliphatic carbocycles. The summed E-state index contributed by atoms with van der Waals surface area (Å²) in [4.78, 5) is 3.93. The number of pyridine rings is 1. The van der Waals surface area contributed by atoms with E-state index in [1.54, 1.807) is 25.3 Å². The Hall–Kier alpha value is -1.38. The third-order valence-corrected chi connectivity index (χ3v) is 4.63. The summed E-state index contributed by atoms with van der Waals surface area (Å²) in [5.41, 5.74) is 0.953. The highest BCUT2D eigenvalue weighted by Crippen LogP contribution is 2.28. The van der Waals surface area contributed by atoms with Gasteiger partial charge in [0.2, 0.25) is 0 Å². The summed E-state index contributed by atoms with van der Waals surface area (Å²) in [6, 6.07) is 4.51. The highest BCUT2D eigenvalue weighted by atomic mass is 79.9. The van der Waals surface area contributed by atoms with Crippen LogP contribution in [0.1, 0.15) is 11.5 Å². The topological polar surface area (TPSA) is 92.4 Å². The van der Waals surface area contributed by atoms with E-state index < -0.39 is 10.0 Å². The Morgan fingerprint density at radius 3 is 2.84 bits per heavy atom. The Bertz CT molecular complexity index is 696. The Balaban J connectivity index is 2.38. The van der Waals surface area contributed by atoms with E-state index in [4.69, 9.17) is 9.52 Å². The predicted octanol–water partition coefficient (Wildman–Crippen LogP) is 2.04. The van der Waals surface area contributed by atoms with Gasteiger partial charge in [-0.3, -0.25) is 9.71 Å². The molecule has 6 nitrogen and oxygen atoms in total. The number of hydrogen-bond acceptors (Lipinski definition) is 5. The van der Waals surface area contributed by atoms with Crippen molar-refractivity contribution < 1.29 is 17.9 Å². The van der Waals surface area contributed by atoms with Crippen LogP contribution in [0.25, 0.3) is 0 Å². The molecule has 0 aliphatic heterocycles. The third-order valence-electron chi connectivity index (χ3n) is 2.40. The fourth-order valence-corrected chi connectivity index (χ4v) is 3.57. The van der Waals surface area contributed by atoms with Crippen LogP contribution in [0, 0.1) is 6.92 Å². The van der Waals surface area contributed by atoms with Gasteiger partial charge in [0.05, 0.1) is 11.4 Å². The van der Waals surface area contributed by atoms with Gasteiger partial charge in [-0.2, -0.15) is 0 Å². The molecule has 2 N–H and O–H groups in total. The molecule has 0 bridgehead atoms. The normalized spacial score (nSPS) is 11.5. The number of anilines is 1. The number of nitrogens with one attached hydrogen (secondary N) is 1. The van der Waals surface area contributed by atoms with E-state index in [-0.39, 0.29) is 21.9 Å². The van der Waals surface area contributed by atoms with Crippen molar-refractivity contribution in [1.82, 2.24) is 4.98 Å². The molecule has 2 aromatic rings. The zero-order valence-corrected chi connectivity index (χ0v) is 12.3. The van der Waals surface area contributed by atoms with Crippen LogP contribution in [0.5, 0.6) is 0 Å². The Labute approximate surface area is 118 Å². The van der Waals surface area contributed by atoms with E-state index >= 15 is 0 Å². The quantitative estimate of drug-likeness (QED) is 0.883. The first kappa shape index (κ1) is 14.0. The Morgan fingerprint density at radius 2 is 2.26 bits per heavy atom. The van der Waals surface area contributed by atoms with Gasteiger partial charge in [0.1, 0.15) is 17.3 Å². The van der Waals surface area contributed by atoms with Gasteiger partial charge in [0.15, 0.2) is 4.67 Å². The molecule has 0 amide bonds. The number of aliphatic hydroxyl groups excluding tert-OH is 1.